The van der Waals surface area contributed by atoms with E-state index < -0.39 is 0 Å². The second kappa shape index (κ2) is 13.7. The quantitative estimate of drug-likeness (QED) is 0.265. The maximum absolute atomic E-state index is 6.91. The van der Waals surface area contributed by atoms with Gasteiger partial charge in [0, 0.05) is 5.75 Å². The Morgan fingerprint density at radius 1 is 0.857 bits per heavy atom. The van der Waals surface area contributed by atoms with E-state index in [4.69, 9.17) is 1.12 Å². The SMILES string of the molecule is [2H]SSCCCCCCCCCCCC. The van der Waals surface area contributed by atoms with Crippen LogP contribution in [0.4, 0.5) is 0 Å². The molecule has 0 aliphatic rings. The zero-order valence-corrected chi connectivity index (χ0v) is 11.2. The molecule has 0 radical (unpaired) electrons. The molecule has 14 heavy (non-hydrogen) atoms. The highest BCUT2D eigenvalue weighted by Gasteiger charge is 1.91. The molecule has 0 bridgehead atoms. The highest BCUT2D eigenvalue weighted by molar-refractivity contribution is 8.68. The van der Waals surface area contributed by atoms with Gasteiger partial charge in [0.2, 0.25) is 0 Å². The minimum atomic E-state index is 1.15. The summed E-state index contributed by atoms with van der Waals surface area (Å²) in [6.07, 6.45) is 14.0. The number of unbranched alkanes of at least 4 members (excludes halogenated alkanes) is 9. The van der Waals surface area contributed by atoms with E-state index in [-0.39, 0.29) is 0 Å². The molecular formula is C12H26S2. The molecule has 0 spiro atoms. The highest BCUT2D eigenvalue weighted by atomic mass is 33.1. The number of rotatable bonds is 12. The fourth-order valence-corrected chi connectivity index (χ4v) is 2.32. The lowest BCUT2D eigenvalue weighted by atomic mass is 10.1. The van der Waals surface area contributed by atoms with Gasteiger partial charge in [-0.2, -0.15) is 0 Å². The topological polar surface area (TPSA) is 0 Å². The smallest absolute Gasteiger partial charge is 0.111 e. The Labute approximate surface area is 101 Å². The molecule has 0 aromatic rings. The molecule has 0 atom stereocenters. The highest BCUT2D eigenvalue weighted by Crippen LogP contribution is 2.13. The van der Waals surface area contributed by atoms with Crippen LogP contribution in [0.5, 0.6) is 0 Å². The van der Waals surface area contributed by atoms with Crippen molar-refractivity contribution in [3.8, 4) is 0 Å². The Hall–Kier alpha value is 0.700. The predicted molar refractivity (Wildman–Crippen MR) is 73.3 cm³/mol. The van der Waals surface area contributed by atoms with Gasteiger partial charge in [-0.15, -0.1) is 11.6 Å². The van der Waals surface area contributed by atoms with Crippen molar-refractivity contribution in [1.29, 1.82) is 1.12 Å². The van der Waals surface area contributed by atoms with Crippen LogP contribution in [0, 0.1) is 0 Å². The van der Waals surface area contributed by atoms with E-state index in [0.29, 0.717) is 0 Å². The lowest BCUT2D eigenvalue weighted by Crippen LogP contribution is -1.82. The fourth-order valence-electron chi connectivity index (χ4n) is 1.65. The van der Waals surface area contributed by atoms with Crippen molar-refractivity contribution in [3.63, 3.8) is 0 Å². The number of hydrogen-bond acceptors (Lipinski definition) is 2. The third kappa shape index (κ3) is 12.7. The summed E-state index contributed by atoms with van der Waals surface area (Å²) in [4.78, 5) is 0. The Morgan fingerprint density at radius 2 is 1.36 bits per heavy atom. The summed E-state index contributed by atoms with van der Waals surface area (Å²) in [5.74, 6) is 1.16. The van der Waals surface area contributed by atoms with E-state index in [1.165, 1.54) is 64.2 Å². The van der Waals surface area contributed by atoms with Gasteiger partial charge < -0.3 is 0 Å². The molecule has 0 aromatic heterocycles. The lowest BCUT2D eigenvalue weighted by Gasteiger charge is -2.01. The van der Waals surface area contributed by atoms with Crippen molar-refractivity contribution >= 4 is 22.4 Å². The van der Waals surface area contributed by atoms with E-state index >= 15 is 0 Å². The largest absolute Gasteiger partial charge is 0.115 e. The fraction of sp³-hybridized carbons (Fsp3) is 1.00. The normalized spacial score (nSPS) is 11.6. The van der Waals surface area contributed by atoms with Gasteiger partial charge in [-0.25, -0.2) is 0 Å². The maximum Gasteiger partial charge on any atom is 0.115 e. The van der Waals surface area contributed by atoms with E-state index in [9.17, 15) is 0 Å². The summed E-state index contributed by atoms with van der Waals surface area (Å²) in [5, 5.41) is 0. The van der Waals surface area contributed by atoms with Gasteiger partial charge in [0.25, 0.3) is 0 Å². The average molecular weight is 235 g/mol. The van der Waals surface area contributed by atoms with Crippen LogP contribution < -0.4 is 0 Å². The van der Waals surface area contributed by atoms with E-state index in [2.05, 4.69) is 6.92 Å². The first-order chi connectivity index (χ1) is 7.41. The first kappa shape index (κ1) is 12.8. The van der Waals surface area contributed by atoms with Crippen molar-refractivity contribution in [2.75, 3.05) is 5.75 Å². The first-order valence-electron chi connectivity index (χ1n) is 6.57. The Bertz CT molecular complexity index is 97.8. The van der Waals surface area contributed by atoms with Crippen LogP contribution in [-0.2, 0) is 0 Å². The second-order valence-electron chi connectivity index (χ2n) is 4.00. The zero-order chi connectivity index (χ0) is 11.2. The summed E-state index contributed by atoms with van der Waals surface area (Å²) in [7, 11) is 1.67. The number of hydrogen-bond donors (Lipinski definition) is 1. The standard InChI is InChI=1S/C12H26S2/c1-2-3-4-5-6-7-8-9-10-11-12-14-13/h13H,2-12H2,1H3/i/hD. The monoisotopic (exact) mass is 235 g/mol. The van der Waals surface area contributed by atoms with E-state index in [0.717, 1.165) is 17.3 Å². The molecule has 0 saturated heterocycles. The molecule has 0 N–H and O–H groups in total. The van der Waals surface area contributed by atoms with Gasteiger partial charge in [0.1, 0.15) is 1.12 Å². The molecule has 0 saturated carbocycles. The van der Waals surface area contributed by atoms with Gasteiger partial charge in [0.15, 0.2) is 0 Å². The third-order valence-corrected chi connectivity index (χ3v) is 3.54. The van der Waals surface area contributed by atoms with Crippen molar-refractivity contribution in [3.05, 3.63) is 0 Å². The summed E-state index contributed by atoms with van der Waals surface area (Å²) in [6.45, 7) is 2.27. The Kier molecular flexibility index (Phi) is 12.5. The Morgan fingerprint density at radius 3 is 1.86 bits per heavy atom. The Balaban J connectivity index is 2.81. The van der Waals surface area contributed by atoms with Crippen molar-refractivity contribution in [2.45, 2.75) is 71.1 Å². The first-order valence-corrected chi connectivity index (χ1v) is 8.07. The van der Waals surface area contributed by atoms with Crippen LogP contribution in [0.1, 0.15) is 71.1 Å². The molecular weight excluding hydrogens is 208 g/mol. The summed E-state index contributed by atoms with van der Waals surface area (Å²) in [5.41, 5.74) is 0. The predicted octanol–water partition coefficient (Wildman–Crippen LogP) is 5.49. The van der Waals surface area contributed by atoms with Crippen LogP contribution in [-0.4, -0.2) is 6.88 Å². The molecule has 0 aliphatic heterocycles. The summed E-state index contributed by atoms with van der Waals surface area (Å²) >= 11 is 1.15. The molecule has 0 unspecified atom stereocenters. The van der Waals surface area contributed by atoms with Crippen molar-refractivity contribution in [2.24, 2.45) is 0 Å². The van der Waals surface area contributed by atoms with Gasteiger partial charge in [-0.1, -0.05) is 75.5 Å². The van der Waals surface area contributed by atoms with Gasteiger partial charge in [-0.05, 0) is 6.42 Å². The zero-order valence-electron chi connectivity index (χ0n) is 10.6. The lowest BCUT2D eigenvalue weighted by molar-refractivity contribution is 0.563. The second-order valence-corrected chi connectivity index (χ2v) is 5.36. The average Bonchev–Trinajstić information content (AvgIpc) is 2.26. The van der Waals surface area contributed by atoms with Crippen LogP contribution in [0.25, 0.3) is 0 Å². The summed E-state index contributed by atoms with van der Waals surface area (Å²) in [6, 6.07) is 0. The minimum Gasteiger partial charge on any atom is -0.111 e. The third-order valence-electron chi connectivity index (χ3n) is 2.58. The van der Waals surface area contributed by atoms with E-state index in [1.54, 1.807) is 10.8 Å². The molecule has 2 heteroatoms. The molecule has 0 nitrogen and oxygen atoms in total. The molecule has 0 amide bonds. The van der Waals surface area contributed by atoms with E-state index in [1.807, 2.05) is 0 Å². The van der Waals surface area contributed by atoms with Crippen LogP contribution in [0.3, 0.4) is 0 Å². The van der Waals surface area contributed by atoms with Crippen LogP contribution in [0.2, 0.25) is 0 Å². The minimum absolute atomic E-state index is 1.15. The number of thiol groups is 1. The molecule has 0 rings (SSSR count). The maximum atomic E-state index is 6.91. The molecule has 0 fully saturated rings. The van der Waals surface area contributed by atoms with Crippen molar-refractivity contribution in [1.82, 2.24) is 0 Å². The van der Waals surface area contributed by atoms with Gasteiger partial charge in [0.05, 0.1) is 0 Å². The van der Waals surface area contributed by atoms with Gasteiger partial charge in [-0.3, -0.25) is 0 Å². The van der Waals surface area contributed by atoms with Crippen molar-refractivity contribution < 1.29 is 0 Å². The van der Waals surface area contributed by atoms with Gasteiger partial charge >= 0.3 is 0 Å². The molecule has 86 valence electrons. The van der Waals surface area contributed by atoms with Crippen LogP contribution in [0.15, 0.2) is 0 Å². The summed E-state index contributed by atoms with van der Waals surface area (Å²) < 4.78 is 6.91. The van der Waals surface area contributed by atoms with Crippen LogP contribution >= 0.6 is 22.4 Å². The molecule has 0 aromatic carbocycles. The molecule has 0 heterocycles. The molecule has 0 aliphatic carbocycles.